The molecular weight excluding hydrogens is 472 g/mol. The molecule has 5 aromatic rings. The minimum atomic E-state index is 0.856. The SMILES string of the molecule is CN1CCOCC1.Cc1ccn[nH]1.Cc1ccno1.Cn1cccc1.Cn1ccnc1.Cn1cncn1. The summed E-state index contributed by atoms with van der Waals surface area (Å²) in [6.45, 7) is 7.84. The van der Waals surface area contributed by atoms with Gasteiger partial charge in [0, 0.05) is 77.0 Å². The number of hydrogen-bond donors (Lipinski definition) is 1. The van der Waals surface area contributed by atoms with Gasteiger partial charge < -0.3 is 23.3 Å². The van der Waals surface area contributed by atoms with E-state index >= 15 is 0 Å². The van der Waals surface area contributed by atoms with Crippen LogP contribution >= 0.6 is 0 Å². The van der Waals surface area contributed by atoms with Gasteiger partial charge >= 0.3 is 0 Å². The van der Waals surface area contributed by atoms with Crippen molar-refractivity contribution in [1.82, 2.24) is 49.1 Å². The van der Waals surface area contributed by atoms with Gasteiger partial charge in [-0.2, -0.15) is 10.2 Å². The molecule has 0 spiro atoms. The molecule has 5 aromatic heterocycles. The van der Waals surface area contributed by atoms with Gasteiger partial charge in [-0.25, -0.2) is 9.97 Å². The minimum absolute atomic E-state index is 0.856. The smallest absolute Gasteiger partial charge is 0.137 e. The molecule has 0 aromatic carbocycles. The van der Waals surface area contributed by atoms with Gasteiger partial charge in [-0.15, -0.1) is 0 Å². The second kappa shape index (κ2) is 20.2. The Morgan fingerprint density at radius 3 is 1.73 bits per heavy atom. The Morgan fingerprint density at radius 1 is 0.811 bits per heavy atom. The fourth-order valence-electron chi connectivity index (χ4n) is 2.27. The lowest BCUT2D eigenvalue weighted by atomic mass is 10.5. The Morgan fingerprint density at radius 2 is 1.54 bits per heavy atom. The molecule has 6 rings (SSSR count). The van der Waals surface area contributed by atoms with Crippen molar-refractivity contribution in [1.29, 1.82) is 0 Å². The highest BCUT2D eigenvalue weighted by Gasteiger charge is 2.02. The topological polar surface area (TPSA) is 121 Å². The first kappa shape index (κ1) is 31.0. The zero-order chi connectivity index (χ0) is 27.1. The molecule has 1 saturated heterocycles. The summed E-state index contributed by atoms with van der Waals surface area (Å²) in [4.78, 5) is 9.73. The van der Waals surface area contributed by atoms with E-state index in [1.807, 2.05) is 80.9 Å². The van der Waals surface area contributed by atoms with Crippen LogP contribution in [0.15, 0.2) is 85.0 Å². The maximum Gasteiger partial charge on any atom is 0.137 e. The van der Waals surface area contributed by atoms with Crippen molar-refractivity contribution < 1.29 is 9.26 Å². The van der Waals surface area contributed by atoms with E-state index in [0.29, 0.717) is 0 Å². The van der Waals surface area contributed by atoms with Crippen LogP contribution in [0.2, 0.25) is 0 Å². The van der Waals surface area contributed by atoms with Crippen LogP contribution in [0.3, 0.4) is 0 Å². The standard InChI is InChI=1S/C5H11NO.C5H7N.2C4H6N2.C4H5NO.C3H5N3/c1-6-2-4-7-5-3-6;1-6-4-2-3-5-6;1-6-3-2-5-4-6;2*1-4-2-3-5-6-4;1-6-3-4-2-5-6/h2-5H2,1H3;2-5H,1H3;2-4H,1H3;2-3H,1H3,(H,5,6);2*2-3H,1H3. The van der Waals surface area contributed by atoms with E-state index in [0.717, 1.165) is 37.8 Å². The molecule has 0 aliphatic carbocycles. The van der Waals surface area contributed by atoms with Crippen LogP contribution in [0, 0.1) is 13.8 Å². The third-order valence-electron chi connectivity index (χ3n) is 4.37. The molecule has 37 heavy (non-hydrogen) atoms. The predicted octanol–water partition coefficient (Wildman–Crippen LogP) is 2.91. The molecule has 0 unspecified atom stereocenters. The Balaban J connectivity index is 0.000000222. The van der Waals surface area contributed by atoms with Crippen molar-refractivity contribution in [2.24, 2.45) is 21.1 Å². The first-order valence-electron chi connectivity index (χ1n) is 11.7. The fraction of sp³-hybridized carbons (Fsp3) is 0.400. The molecule has 0 atom stereocenters. The van der Waals surface area contributed by atoms with Crippen molar-refractivity contribution in [3.8, 4) is 0 Å². The summed E-state index contributed by atoms with van der Waals surface area (Å²) in [5.74, 6) is 0.856. The Labute approximate surface area is 218 Å². The second-order valence-corrected chi connectivity index (χ2v) is 7.92. The highest BCUT2D eigenvalue weighted by molar-refractivity contribution is 4.92. The van der Waals surface area contributed by atoms with Crippen LogP contribution in [0.1, 0.15) is 11.5 Å². The maximum atomic E-state index is 5.10. The summed E-state index contributed by atoms with van der Waals surface area (Å²) >= 11 is 0. The number of nitrogens with one attached hydrogen (secondary N) is 1. The normalized spacial score (nSPS) is 11.9. The van der Waals surface area contributed by atoms with Gasteiger partial charge in [0.1, 0.15) is 18.4 Å². The Kier molecular flexibility index (Phi) is 16.9. The molecule has 1 aliphatic rings. The lowest BCUT2D eigenvalue weighted by Crippen LogP contribution is -2.32. The summed E-state index contributed by atoms with van der Waals surface area (Å²) in [7, 11) is 7.88. The third kappa shape index (κ3) is 18.9. The predicted molar refractivity (Wildman–Crippen MR) is 143 cm³/mol. The number of aromatic amines is 1. The summed E-state index contributed by atoms with van der Waals surface area (Å²) < 4.78 is 15.2. The number of morpholine rings is 1. The number of hydrogen-bond acceptors (Lipinski definition) is 8. The first-order chi connectivity index (χ1) is 17.9. The number of H-pyrrole nitrogens is 1. The quantitative estimate of drug-likeness (QED) is 0.336. The maximum absolute atomic E-state index is 5.10. The summed E-state index contributed by atoms with van der Waals surface area (Å²) in [6.07, 6.45) is 15.9. The highest BCUT2D eigenvalue weighted by Crippen LogP contribution is 1.90. The van der Waals surface area contributed by atoms with E-state index < -0.39 is 0 Å². The number of nitrogens with zero attached hydrogens (tertiary/aromatic N) is 9. The zero-order valence-corrected chi connectivity index (χ0v) is 22.7. The van der Waals surface area contributed by atoms with Gasteiger partial charge in [0.25, 0.3) is 0 Å². The number of rotatable bonds is 0. The average Bonchev–Trinajstić information content (AvgIpc) is 3.71. The summed E-state index contributed by atoms with van der Waals surface area (Å²) in [6, 6.07) is 7.72. The van der Waals surface area contributed by atoms with Crippen LogP contribution in [-0.4, -0.2) is 82.5 Å². The van der Waals surface area contributed by atoms with Crippen LogP contribution in [0.5, 0.6) is 0 Å². The van der Waals surface area contributed by atoms with Crippen molar-refractivity contribution in [2.45, 2.75) is 13.8 Å². The Bertz CT molecular complexity index is 866. The van der Waals surface area contributed by atoms with E-state index in [1.54, 1.807) is 42.0 Å². The van der Waals surface area contributed by atoms with E-state index in [4.69, 9.17) is 4.74 Å². The van der Waals surface area contributed by atoms with Gasteiger partial charge in [-0.3, -0.25) is 9.78 Å². The van der Waals surface area contributed by atoms with Crippen molar-refractivity contribution in [3.05, 3.63) is 91.9 Å². The zero-order valence-electron chi connectivity index (χ0n) is 22.7. The molecule has 202 valence electrons. The van der Waals surface area contributed by atoms with Gasteiger partial charge in [0.2, 0.25) is 0 Å². The van der Waals surface area contributed by atoms with E-state index in [9.17, 15) is 0 Å². The molecule has 12 heteroatoms. The van der Waals surface area contributed by atoms with E-state index in [2.05, 4.69) is 46.9 Å². The van der Waals surface area contributed by atoms with E-state index in [1.165, 1.54) is 6.33 Å². The van der Waals surface area contributed by atoms with Gasteiger partial charge in [-0.1, -0.05) is 5.16 Å². The average molecular weight is 513 g/mol. The molecule has 1 aliphatic heterocycles. The minimum Gasteiger partial charge on any atom is -0.379 e. The van der Waals surface area contributed by atoms with Crippen molar-refractivity contribution >= 4 is 0 Å². The second-order valence-electron chi connectivity index (χ2n) is 7.92. The van der Waals surface area contributed by atoms with Crippen LogP contribution in [0.25, 0.3) is 0 Å². The molecule has 0 radical (unpaired) electrons. The monoisotopic (exact) mass is 512 g/mol. The van der Waals surface area contributed by atoms with Gasteiger partial charge in [0.05, 0.1) is 25.7 Å². The van der Waals surface area contributed by atoms with E-state index in [-0.39, 0.29) is 0 Å². The van der Waals surface area contributed by atoms with Crippen LogP contribution in [-0.2, 0) is 25.9 Å². The molecule has 0 amide bonds. The molecule has 6 heterocycles. The highest BCUT2D eigenvalue weighted by atomic mass is 16.5. The first-order valence-corrected chi connectivity index (χ1v) is 11.7. The lowest BCUT2D eigenvalue weighted by molar-refractivity contribution is 0.0503. The number of ether oxygens (including phenoxy) is 1. The Hall–Kier alpha value is -4.03. The number of imidazole rings is 1. The number of likely N-dealkylation sites (N-methyl/N-ethyl adjacent to an activating group) is 1. The molecule has 0 bridgehead atoms. The van der Waals surface area contributed by atoms with Crippen molar-refractivity contribution in [3.63, 3.8) is 0 Å². The number of aryl methyl sites for hydroxylation is 5. The van der Waals surface area contributed by atoms with Crippen molar-refractivity contribution in [2.75, 3.05) is 33.4 Å². The molecule has 1 N–H and O–H groups in total. The molecule has 12 nitrogen and oxygen atoms in total. The molecule has 1 fully saturated rings. The largest absolute Gasteiger partial charge is 0.379 e. The fourth-order valence-corrected chi connectivity index (χ4v) is 2.27. The summed E-state index contributed by atoms with van der Waals surface area (Å²) in [5.41, 5.74) is 1.11. The lowest BCUT2D eigenvalue weighted by Gasteiger charge is -2.21. The molecule has 0 saturated carbocycles. The number of aromatic nitrogens is 9. The van der Waals surface area contributed by atoms with Crippen LogP contribution in [0.4, 0.5) is 0 Å². The molecular formula is C25H40N10O2. The van der Waals surface area contributed by atoms with Crippen LogP contribution < -0.4 is 0 Å². The van der Waals surface area contributed by atoms with Gasteiger partial charge in [0.15, 0.2) is 0 Å². The third-order valence-corrected chi connectivity index (χ3v) is 4.37. The van der Waals surface area contributed by atoms with Gasteiger partial charge in [-0.05, 0) is 39.1 Å². The summed E-state index contributed by atoms with van der Waals surface area (Å²) in [5, 5.41) is 13.6.